The highest BCUT2D eigenvalue weighted by Gasteiger charge is 2.23. The van der Waals surface area contributed by atoms with Crippen LogP contribution in [0.15, 0.2) is 101 Å². The highest BCUT2D eigenvalue weighted by Crippen LogP contribution is 2.31. The smallest absolute Gasteiger partial charge is 0.356 e. The van der Waals surface area contributed by atoms with Crippen LogP contribution in [0.5, 0.6) is 0 Å². The summed E-state index contributed by atoms with van der Waals surface area (Å²) in [5.41, 5.74) is 1.74. The van der Waals surface area contributed by atoms with Crippen LogP contribution < -0.4 is 15.6 Å². The van der Waals surface area contributed by atoms with Gasteiger partial charge in [0.2, 0.25) is 5.95 Å². The standard InChI is InChI=1S/C30H25N5O6S/c1-19-16-17-31-30(32-19)34-42(39,40)22-14-12-21(13-15-22)33-25(36)18-41-29(38)27-26(20-8-4-3-5-9-20)23-10-6-7-11-24(23)28(37)35(27)2/h3-17H,18H2,1-2H3,(H,33,36)(H,31,32,34). The Morgan fingerprint density at radius 2 is 1.57 bits per heavy atom. The lowest BCUT2D eigenvalue weighted by Crippen LogP contribution is -2.28. The average molecular weight is 584 g/mol. The van der Waals surface area contributed by atoms with Gasteiger partial charge in [-0.1, -0.05) is 48.5 Å². The second kappa shape index (κ2) is 11.6. The minimum atomic E-state index is -3.96. The van der Waals surface area contributed by atoms with Crippen LogP contribution in [0.1, 0.15) is 16.2 Å². The molecule has 0 fully saturated rings. The molecule has 12 heteroatoms. The molecular formula is C30H25N5O6S. The Morgan fingerprint density at radius 3 is 2.26 bits per heavy atom. The van der Waals surface area contributed by atoms with E-state index in [0.717, 1.165) is 0 Å². The molecular weight excluding hydrogens is 558 g/mol. The minimum absolute atomic E-state index is 0.0114. The van der Waals surface area contributed by atoms with Crippen molar-refractivity contribution in [1.29, 1.82) is 0 Å². The second-order valence-electron chi connectivity index (χ2n) is 9.28. The van der Waals surface area contributed by atoms with Crippen LogP contribution in [0.4, 0.5) is 11.6 Å². The lowest BCUT2D eigenvalue weighted by Gasteiger charge is -2.16. The number of amides is 1. The molecule has 0 atom stereocenters. The molecule has 0 unspecified atom stereocenters. The van der Waals surface area contributed by atoms with E-state index < -0.39 is 28.5 Å². The quantitative estimate of drug-likeness (QED) is 0.261. The number of nitrogens with zero attached hydrogens (tertiary/aromatic N) is 3. The number of ether oxygens (including phenoxy) is 1. The number of fused-ring (bicyclic) bond motifs is 1. The molecule has 0 saturated carbocycles. The number of aromatic nitrogens is 3. The van der Waals surface area contributed by atoms with Crippen molar-refractivity contribution in [3.63, 3.8) is 0 Å². The van der Waals surface area contributed by atoms with Crippen molar-refractivity contribution in [3.8, 4) is 11.1 Å². The summed E-state index contributed by atoms with van der Waals surface area (Å²) in [6.07, 6.45) is 1.44. The molecule has 42 heavy (non-hydrogen) atoms. The Labute approximate surface area is 240 Å². The predicted molar refractivity (Wildman–Crippen MR) is 158 cm³/mol. The van der Waals surface area contributed by atoms with Crippen LogP contribution in [0.3, 0.4) is 0 Å². The Kier molecular flexibility index (Phi) is 7.80. The Bertz CT molecular complexity index is 1970. The van der Waals surface area contributed by atoms with E-state index in [1.807, 2.05) is 30.3 Å². The fourth-order valence-electron chi connectivity index (χ4n) is 4.39. The zero-order chi connectivity index (χ0) is 29.9. The van der Waals surface area contributed by atoms with Crippen LogP contribution in [-0.4, -0.2) is 41.4 Å². The van der Waals surface area contributed by atoms with E-state index in [-0.39, 0.29) is 27.8 Å². The molecule has 1 amide bonds. The highest BCUT2D eigenvalue weighted by atomic mass is 32.2. The molecule has 0 spiro atoms. The Hall–Kier alpha value is -5.36. The van der Waals surface area contributed by atoms with Gasteiger partial charge in [-0.2, -0.15) is 0 Å². The number of sulfonamides is 1. The topological polar surface area (TPSA) is 149 Å². The number of esters is 1. The number of pyridine rings is 1. The number of anilines is 2. The number of hydrogen-bond donors (Lipinski definition) is 2. The van der Waals surface area contributed by atoms with Gasteiger partial charge in [-0.15, -0.1) is 0 Å². The molecule has 5 aromatic rings. The van der Waals surface area contributed by atoms with Gasteiger partial charge in [-0.25, -0.2) is 27.9 Å². The normalized spacial score (nSPS) is 11.2. The fourth-order valence-corrected chi connectivity index (χ4v) is 5.34. The molecule has 2 N–H and O–H groups in total. The summed E-state index contributed by atoms with van der Waals surface area (Å²) in [5, 5.41) is 3.59. The van der Waals surface area contributed by atoms with Crippen LogP contribution in [0, 0.1) is 6.92 Å². The number of carbonyl (C=O) groups excluding carboxylic acids is 2. The van der Waals surface area contributed by atoms with Gasteiger partial charge >= 0.3 is 5.97 Å². The summed E-state index contributed by atoms with van der Waals surface area (Å²) in [7, 11) is -2.48. The lowest BCUT2D eigenvalue weighted by atomic mass is 9.97. The summed E-state index contributed by atoms with van der Waals surface area (Å²) in [6.45, 7) is 1.07. The van der Waals surface area contributed by atoms with Gasteiger partial charge < -0.3 is 14.6 Å². The van der Waals surface area contributed by atoms with Crippen molar-refractivity contribution >= 4 is 44.3 Å². The molecule has 0 aliphatic rings. The number of carbonyl (C=O) groups is 2. The number of rotatable bonds is 8. The van der Waals surface area contributed by atoms with Crippen LogP contribution >= 0.6 is 0 Å². The van der Waals surface area contributed by atoms with Crippen LogP contribution in [-0.2, 0) is 26.6 Å². The van der Waals surface area contributed by atoms with Gasteiger partial charge in [0.1, 0.15) is 5.69 Å². The van der Waals surface area contributed by atoms with E-state index in [1.54, 1.807) is 37.3 Å². The van der Waals surface area contributed by atoms with E-state index in [0.29, 0.717) is 27.6 Å². The molecule has 0 saturated heterocycles. The lowest BCUT2D eigenvalue weighted by molar-refractivity contribution is -0.119. The summed E-state index contributed by atoms with van der Waals surface area (Å²) >= 11 is 0. The minimum Gasteiger partial charge on any atom is -0.451 e. The van der Waals surface area contributed by atoms with E-state index in [4.69, 9.17) is 4.74 Å². The van der Waals surface area contributed by atoms with Gasteiger partial charge in [-0.05, 0) is 54.3 Å². The highest BCUT2D eigenvalue weighted by molar-refractivity contribution is 7.92. The number of nitrogens with one attached hydrogen (secondary N) is 2. The zero-order valence-corrected chi connectivity index (χ0v) is 23.4. The van der Waals surface area contributed by atoms with E-state index in [9.17, 15) is 22.8 Å². The van der Waals surface area contributed by atoms with Crippen LogP contribution in [0.25, 0.3) is 21.9 Å². The first-order valence-electron chi connectivity index (χ1n) is 12.7. The van der Waals surface area contributed by atoms with Crippen molar-refractivity contribution < 1.29 is 22.7 Å². The fraction of sp³-hybridized carbons (Fsp3) is 0.100. The monoisotopic (exact) mass is 583 g/mol. The SMILES string of the molecule is Cc1ccnc(NS(=O)(=O)c2ccc(NC(=O)COC(=O)c3c(-c4ccccc4)c4ccccc4c(=O)n3C)cc2)n1. The first kappa shape index (κ1) is 28.2. The van der Waals surface area contributed by atoms with Crippen molar-refractivity contribution in [3.05, 3.63) is 113 Å². The molecule has 0 radical (unpaired) electrons. The molecule has 3 aromatic carbocycles. The van der Waals surface area contributed by atoms with Gasteiger partial charge in [0.25, 0.3) is 21.5 Å². The van der Waals surface area contributed by atoms with E-state index in [2.05, 4.69) is 20.0 Å². The Morgan fingerprint density at radius 1 is 0.905 bits per heavy atom. The third kappa shape index (κ3) is 5.88. The van der Waals surface area contributed by atoms with Gasteiger partial charge in [0, 0.05) is 35.6 Å². The molecule has 2 aromatic heterocycles. The summed E-state index contributed by atoms with van der Waals surface area (Å²) in [4.78, 5) is 46.8. The maximum absolute atomic E-state index is 13.3. The number of aryl methyl sites for hydroxylation is 1. The van der Waals surface area contributed by atoms with Gasteiger partial charge in [0.05, 0.1) is 4.90 Å². The number of hydrogen-bond acceptors (Lipinski definition) is 8. The maximum Gasteiger partial charge on any atom is 0.356 e. The molecule has 212 valence electrons. The van der Waals surface area contributed by atoms with E-state index >= 15 is 0 Å². The number of benzene rings is 3. The molecule has 0 bridgehead atoms. The van der Waals surface area contributed by atoms with Crippen LogP contribution in [0.2, 0.25) is 0 Å². The molecule has 11 nitrogen and oxygen atoms in total. The third-order valence-corrected chi connectivity index (χ3v) is 7.71. The van der Waals surface area contributed by atoms with Gasteiger partial charge in [-0.3, -0.25) is 9.59 Å². The third-order valence-electron chi connectivity index (χ3n) is 6.36. The molecule has 5 rings (SSSR count). The van der Waals surface area contributed by atoms with Crippen molar-refractivity contribution in [1.82, 2.24) is 14.5 Å². The Balaban J connectivity index is 1.31. The summed E-state index contributed by atoms with van der Waals surface area (Å²) in [5.74, 6) is -1.56. The van der Waals surface area contributed by atoms with Crippen molar-refractivity contribution in [2.24, 2.45) is 7.05 Å². The second-order valence-corrected chi connectivity index (χ2v) is 11.0. The molecule has 2 heterocycles. The molecule has 0 aliphatic carbocycles. The predicted octanol–water partition coefficient (Wildman–Crippen LogP) is 3.90. The van der Waals surface area contributed by atoms with Gasteiger partial charge in [0.15, 0.2) is 6.61 Å². The largest absolute Gasteiger partial charge is 0.451 e. The average Bonchev–Trinajstić information content (AvgIpc) is 2.98. The summed E-state index contributed by atoms with van der Waals surface area (Å²) < 4.78 is 34.2. The molecule has 0 aliphatic heterocycles. The first-order chi connectivity index (χ1) is 20.1. The first-order valence-corrected chi connectivity index (χ1v) is 14.2. The van der Waals surface area contributed by atoms with Crippen molar-refractivity contribution in [2.75, 3.05) is 16.6 Å². The maximum atomic E-state index is 13.3. The summed E-state index contributed by atoms with van der Waals surface area (Å²) in [6, 6.07) is 23.1. The zero-order valence-electron chi connectivity index (χ0n) is 22.6. The van der Waals surface area contributed by atoms with E-state index in [1.165, 1.54) is 42.1 Å². The van der Waals surface area contributed by atoms with Crippen molar-refractivity contribution in [2.45, 2.75) is 11.8 Å².